The van der Waals surface area contributed by atoms with E-state index in [2.05, 4.69) is 25.6 Å². The first-order valence-corrected chi connectivity index (χ1v) is 7.75. The van der Waals surface area contributed by atoms with E-state index in [1.807, 2.05) is 0 Å². The number of hydrogen-bond acceptors (Lipinski definition) is 5. The van der Waals surface area contributed by atoms with E-state index in [1.54, 1.807) is 18.2 Å². The minimum absolute atomic E-state index is 0.0723. The lowest BCUT2D eigenvalue weighted by Crippen LogP contribution is -2.23. The molecule has 0 spiro atoms. The summed E-state index contributed by atoms with van der Waals surface area (Å²) in [6.45, 7) is 1.74. The van der Waals surface area contributed by atoms with Crippen molar-refractivity contribution in [2.75, 3.05) is 18.4 Å². The number of anilines is 1. The minimum Gasteiger partial charge on any atom is -0.350 e. The molecule has 2 aromatic heterocycles. The number of aromatic nitrogens is 3. The number of benzene rings is 1. The molecule has 122 valence electrons. The van der Waals surface area contributed by atoms with Crippen LogP contribution in [0, 0.1) is 11.6 Å². The number of pyridine rings is 1. The Kier molecular flexibility index (Phi) is 3.78. The third kappa shape index (κ3) is 2.78. The van der Waals surface area contributed by atoms with Gasteiger partial charge in [-0.3, -0.25) is 4.98 Å². The molecule has 1 saturated heterocycles. The molecule has 4 rings (SSSR count). The van der Waals surface area contributed by atoms with Crippen LogP contribution in [0.15, 0.2) is 36.7 Å². The van der Waals surface area contributed by atoms with Gasteiger partial charge < -0.3 is 10.6 Å². The molecule has 24 heavy (non-hydrogen) atoms. The van der Waals surface area contributed by atoms with E-state index in [9.17, 15) is 8.78 Å². The molecular formula is C17H15F2N5. The molecular weight excluding hydrogens is 312 g/mol. The van der Waals surface area contributed by atoms with Gasteiger partial charge in [0.05, 0.1) is 6.20 Å². The van der Waals surface area contributed by atoms with Crippen LogP contribution >= 0.6 is 0 Å². The predicted octanol–water partition coefficient (Wildman–Crippen LogP) is 2.74. The largest absolute Gasteiger partial charge is 0.350 e. The highest BCUT2D eigenvalue weighted by Gasteiger charge is 2.17. The summed E-state index contributed by atoms with van der Waals surface area (Å²) in [5.74, 6) is -0.754. The third-order valence-electron chi connectivity index (χ3n) is 4.07. The fourth-order valence-electron chi connectivity index (χ4n) is 2.88. The summed E-state index contributed by atoms with van der Waals surface area (Å²) < 4.78 is 28.4. The lowest BCUT2D eigenvalue weighted by molar-refractivity contribution is 0.616. The van der Waals surface area contributed by atoms with E-state index in [-0.39, 0.29) is 17.3 Å². The summed E-state index contributed by atoms with van der Waals surface area (Å²) in [6.07, 6.45) is 3.58. The Morgan fingerprint density at radius 2 is 2.08 bits per heavy atom. The zero-order chi connectivity index (χ0) is 16.5. The number of hydrogen-bond donors (Lipinski definition) is 2. The summed E-state index contributed by atoms with van der Waals surface area (Å²) >= 11 is 0. The number of rotatable bonds is 3. The Bertz CT molecular complexity index is 893. The molecule has 1 aliphatic heterocycles. The Hall–Kier alpha value is -2.67. The van der Waals surface area contributed by atoms with Crippen molar-refractivity contribution < 1.29 is 8.78 Å². The summed E-state index contributed by atoms with van der Waals surface area (Å²) in [5.41, 5.74) is 0.690. The molecule has 0 aliphatic carbocycles. The van der Waals surface area contributed by atoms with Gasteiger partial charge in [0.25, 0.3) is 0 Å². The van der Waals surface area contributed by atoms with Crippen molar-refractivity contribution in [3.05, 3.63) is 48.3 Å². The van der Waals surface area contributed by atoms with Crippen molar-refractivity contribution in [1.29, 1.82) is 0 Å². The minimum atomic E-state index is -0.590. The fourth-order valence-corrected chi connectivity index (χ4v) is 2.88. The molecule has 1 unspecified atom stereocenters. The highest BCUT2D eigenvalue weighted by Crippen LogP contribution is 2.27. The van der Waals surface area contributed by atoms with Crippen LogP contribution in [0.4, 0.5) is 14.7 Å². The normalized spacial score (nSPS) is 17.3. The van der Waals surface area contributed by atoms with E-state index in [0.29, 0.717) is 16.9 Å². The van der Waals surface area contributed by atoms with Crippen LogP contribution in [0.2, 0.25) is 0 Å². The summed E-state index contributed by atoms with van der Waals surface area (Å²) in [5, 5.41) is 7.00. The molecule has 0 radical (unpaired) electrons. The van der Waals surface area contributed by atoms with Gasteiger partial charge >= 0.3 is 0 Å². The topological polar surface area (TPSA) is 62.7 Å². The second-order valence-electron chi connectivity index (χ2n) is 5.76. The van der Waals surface area contributed by atoms with Gasteiger partial charge in [0.15, 0.2) is 5.82 Å². The van der Waals surface area contributed by atoms with Crippen molar-refractivity contribution in [2.24, 2.45) is 0 Å². The highest BCUT2D eigenvalue weighted by molar-refractivity contribution is 5.84. The molecule has 5 nitrogen and oxygen atoms in total. The van der Waals surface area contributed by atoms with Gasteiger partial charge in [0.2, 0.25) is 5.95 Å². The first-order chi connectivity index (χ1) is 11.7. The van der Waals surface area contributed by atoms with E-state index in [1.165, 1.54) is 12.3 Å². The maximum atomic E-state index is 14.2. The Balaban J connectivity index is 1.75. The van der Waals surface area contributed by atoms with Crippen molar-refractivity contribution >= 4 is 16.9 Å². The van der Waals surface area contributed by atoms with Gasteiger partial charge in [-0.15, -0.1) is 0 Å². The predicted molar refractivity (Wildman–Crippen MR) is 87.6 cm³/mol. The Morgan fingerprint density at radius 1 is 1.17 bits per heavy atom. The number of fused-ring (bicyclic) bond motifs is 1. The van der Waals surface area contributed by atoms with Gasteiger partial charge in [-0.25, -0.2) is 18.7 Å². The third-order valence-corrected chi connectivity index (χ3v) is 4.07. The first kappa shape index (κ1) is 14.9. The van der Waals surface area contributed by atoms with Gasteiger partial charge in [-0.1, -0.05) is 6.07 Å². The second-order valence-corrected chi connectivity index (χ2v) is 5.76. The van der Waals surface area contributed by atoms with Crippen LogP contribution in [-0.2, 0) is 0 Å². The van der Waals surface area contributed by atoms with Crippen molar-refractivity contribution in [3.8, 4) is 11.3 Å². The standard InChI is InChI=1S/C17H15F2N5/c18-13-7-11(6-10-2-1-4-21-15(10)13)16-14(19)9-22-17(24-16)23-12-3-5-20-8-12/h1-2,4,6-7,9,12,20H,3,5,8H2,(H,22,23,24). The number of nitrogens with zero attached hydrogens (tertiary/aromatic N) is 3. The molecule has 1 aliphatic rings. The van der Waals surface area contributed by atoms with E-state index < -0.39 is 11.6 Å². The molecule has 0 bridgehead atoms. The van der Waals surface area contributed by atoms with E-state index >= 15 is 0 Å². The Labute approximate surface area is 137 Å². The molecule has 1 fully saturated rings. The molecule has 3 heterocycles. The molecule has 0 saturated carbocycles. The summed E-state index contributed by atoms with van der Waals surface area (Å²) in [6, 6.07) is 6.58. The SMILES string of the molecule is Fc1cnc(NC2CCNC2)nc1-c1cc(F)c2ncccc2c1. The van der Waals surface area contributed by atoms with E-state index in [0.717, 1.165) is 25.7 Å². The van der Waals surface area contributed by atoms with Crippen LogP contribution in [0.1, 0.15) is 6.42 Å². The molecule has 1 atom stereocenters. The van der Waals surface area contributed by atoms with Crippen LogP contribution in [-0.4, -0.2) is 34.1 Å². The molecule has 7 heteroatoms. The van der Waals surface area contributed by atoms with Crippen molar-refractivity contribution in [1.82, 2.24) is 20.3 Å². The summed E-state index contributed by atoms with van der Waals surface area (Å²) in [4.78, 5) is 12.2. The first-order valence-electron chi connectivity index (χ1n) is 7.75. The lowest BCUT2D eigenvalue weighted by atomic mass is 10.1. The quantitative estimate of drug-likeness (QED) is 0.774. The van der Waals surface area contributed by atoms with Gasteiger partial charge in [0, 0.05) is 29.7 Å². The zero-order valence-corrected chi connectivity index (χ0v) is 12.8. The highest BCUT2D eigenvalue weighted by atomic mass is 19.1. The van der Waals surface area contributed by atoms with Crippen LogP contribution < -0.4 is 10.6 Å². The summed E-state index contributed by atoms with van der Waals surface area (Å²) in [7, 11) is 0. The van der Waals surface area contributed by atoms with Crippen LogP contribution in [0.5, 0.6) is 0 Å². The van der Waals surface area contributed by atoms with E-state index in [4.69, 9.17) is 0 Å². The number of halogens is 2. The fraction of sp³-hybridized carbons (Fsp3) is 0.235. The maximum absolute atomic E-state index is 14.2. The van der Waals surface area contributed by atoms with Crippen molar-refractivity contribution in [3.63, 3.8) is 0 Å². The maximum Gasteiger partial charge on any atom is 0.223 e. The Morgan fingerprint density at radius 3 is 2.92 bits per heavy atom. The molecule has 2 N–H and O–H groups in total. The lowest BCUT2D eigenvalue weighted by Gasteiger charge is -2.12. The molecule has 1 aromatic carbocycles. The van der Waals surface area contributed by atoms with Gasteiger partial charge in [-0.05, 0) is 31.2 Å². The zero-order valence-electron chi connectivity index (χ0n) is 12.8. The number of nitrogens with one attached hydrogen (secondary N) is 2. The smallest absolute Gasteiger partial charge is 0.223 e. The molecule has 0 amide bonds. The van der Waals surface area contributed by atoms with Crippen LogP contribution in [0.3, 0.4) is 0 Å². The second kappa shape index (κ2) is 6.09. The van der Waals surface area contributed by atoms with Crippen molar-refractivity contribution in [2.45, 2.75) is 12.5 Å². The average Bonchev–Trinajstić information content (AvgIpc) is 3.09. The van der Waals surface area contributed by atoms with Crippen LogP contribution in [0.25, 0.3) is 22.2 Å². The monoisotopic (exact) mass is 327 g/mol. The van der Waals surface area contributed by atoms with Gasteiger partial charge in [0.1, 0.15) is 17.0 Å². The molecule has 3 aromatic rings. The average molecular weight is 327 g/mol. The van der Waals surface area contributed by atoms with Gasteiger partial charge in [-0.2, -0.15) is 0 Å².